The van der Waals surface area contributed by atoms with Crippen LogP contribution in [0, 0.1) is 6.92 Å². The average Bonchev–Trinajstić information content (AvgIpc) is 3.17. The number of carbonyl (C=O) groups excluding carboxylic acids is 1. The Bertz CT molecular complexity index is 459. The molecule has 0 aliphatic carbocycles. The molecule has 18 heavy (non-hydrogen) atoms. The third kappa shape index (κ3) is 3.19. The molecule has 1 heterocycles. The quantitative estimate of drug-likeness (QED) is 0.609. The van der Waals surface area contributed by atoms with Crippen LogP contribution in [0.4, 0.5) is 0 Å². The third-order valence-electron chi connectivity index (χ3n) is 2.84. The minimum absolute atomic E-state index is 0.0562. The minimum atomic E-state index is -0.290. The minimum Gasteiger partial charge on any atom is -0.356 e. The lowest BCUT2D eigenvalue weighted by Gasteiger charge is -1.98. The Hall–Kier alpha value is -0.710. The lowest BCUT2D eigenvalue weighted by molar-refractivity contribution is -0.115. The first-order valence-electron chi connectivity index (χ1n) is 5.71. The second kappa shape index (κ2) is 5.95. The van der Waals surface area contributed by atoms with Gasteiger partial charge in [-0.3, -0.25) is 4.79 Å². The van der Waals surface area contributed by atoms with Crippen LogP contribution in [-0.4, -0.2) is 24.4 Å². The van der Waals surface area contributed by atoms with Crippen molar-refractivity contribution in [1.29, 1.82) is 0 Å². The Kier molecular flexibility index (Phi) is 4.54. The maximum Gasteiger partial charge on any atom is 0.189 e. The molecule has 2 rings (SSSR count). The van der Waals surface area contributed by atoms with E-state index in [1.807, 2.05) is 43.7 Å². The summed E-state index contributed by atoms with van der Waals surface area (Å²) in [6, 6.07) is 8.15. The zero-order chi connectivity index (χ0) is 13.1. The number of ketones is 1. The standard InChI is InChI=1S/C14H16O2S2/c1-9-4-6-10(7-5-9)13-14(16-13)11(15)8-12(17-2)18-3/h4-8,13-14H,1-3H3/t13-,14-/m1/s1. The zero-order valence-electron chi connectivity index (χ0n) is 10.7. The van der Waals surface area contributed by atoms with Crippen molar-refractivity contribution in [2.75, 3.05) is 12.5 Å². The van der Waals surface area contributed by atoms with Crippen LogP contribution >= 0.6 is 23.5 Å². The van der Waals surface area contributed by atoms with E-state index in [-0.39, 0.29) is 18.0 Å². The Labute approximate surface area is 116 Å². The molecule has 96 valence electrons. The molecule has 1 aliphatic rings. The van der Waals surface area contributed by atoms with Crippen molar-refractivity contribution >= 4 is 29.3 Å². The molecule has 0 amide bonds. The third-order valence-corrected chi connectivity index (χ3v) is 4.88. The van der Waals surface area contributed by atoms with Crippen molar-refractivity contribution in [3.8, 4) is 0 Å². The molecule has 2 atom stereocenters. The smallest absolute Gasteiger partial charge is 0.189 e. The molecule has 1 aromatic rings. The van der Waals surface area contributed by atoms with Gasteiger partial charge in [0, 0.05) is 10.3 Å². The first-order valence-corrected chi connectivity index (χ1v) is 8.16. The van der Waals surface area contributed by atoms with Gasteiger partial charge < -0.3 is 4.74 Å². The van der Waals surface area contributed by atoms with Gasteiger partial charge >= 0.3 is 0 Å². The second-order valence-corrected chi connectivity index (χ2v) is 6.12. The van der Waals surface area contributed by atoms with E-state index in [0.717, 1.165) is 9.80 Å². The second-order valence-electron chi connectivity index (χ2n) is 4.16. The number of thioether (sulfide) groups is 2. The highest BCUT2D eigenvalue weighted by atomic mass is 32.2. The van der Waals surface area contributed by atoms with Crippen LogP contribution in [0.3, 0.4) is 0 Å². The fourth-order valence-corrected chi connectivity index (χ4v) is 2.87. The molecule has 1 fully saturated rings. The molecule has 0 bridgehead atoms. The molecule has 2 nitrogen and oxygen atoms in total. The largest absolute Gasteiger partial charge is 0.356 e. The van der Waals surface area contributed by atoms with Crippen molar-refractivity contribution in [3.63, 3.8) is 0 Å². The highest BCUT2D eigenvalue weighted by molar-refractivity contribution is 8.21. The van der Waals surface area contributed by atoms with Crippen molar-refractivity contribution in [2.45, 2.75) is 19.1 Å². The van der Waals surface area contributed by atoms with Gasteiger partial charge in [0.1, 0.15) is 6.10 Å². The Morgan fingerprint density at radius 3 is 2.39 bits per heavy atom. The normalized spacial score (nSPS) is 21.5. The lowest BCUT2D eigenvalue weighted by atomic mass is 10.1. The van der Waals surface area contributed by atoms with Crippen LogP contribution in [0.2, 0.25) is 0 Å². The van der Waals surface area contributed by atoms with Gasteiger partial charge in [-0.2, -0.15) is 0 Å². The van der Waals surface area contributed by atoms with Gasteiger partial charge in [-0.05, 0) is 25.0 Å². The molecular formula is C14H16O2S2. The molecule has 1 aliphatic heterocycles. The molecule has 1 saturated heterocycles. The fourth-order valence-electron chi connectivity index (χ4n) is 1.74. The van der Waals surface area contributed by atoms with E-state index >= 15 is 0 Å². The van der Waals surface area contributed by atoms with Crippen LogP contribution in [0.5, 0.6) is 0 Å². The summed E-state index contributed by atoms with van der Waals surface area (Å²) >= 11 is 3.18. The van der Waals surface area contributed by atoms with Crippen LogP contribution in [0.25, 0.3) is 0 Å². The van der Waals surface area contributed by atoms with Crippen LogP contribution in [0.1, 0.15) is 17.2 Å². The number of benzene rings is 1. The molecular weight excluding hydrogens is 264 g/mol. The Morgan fingerprint density at radius 1 is 1.22 bits per heavy atom. The van der Waals surface area contributed by atoms with Crippen LogP contribution in [-0.2, 0) is 9.53 Å². The summed E-state index contributed by atoms with van der Waals surface area (Å²) < 4.78 is 6.51. The number of aryl methyl sites for hydroxylation is 1. The van der Waals surface area contributed by atoms with E-state index in [4.69, 9.17) is 4.74 Å². The number of hydrogen-bond donors (Lipinski definition) is 0. The average molecular weight is 280 g/mol. The van der Waals surface area contributed by atoms with Gasteiger partial charge in [0.05, 0.1) is 0 Å². The van der Waals surface area contributed by atoms with Gasteiger partial charge in [0.2, 0.25) is 0 Å². The van der Waals surface area contributed by atoms with Gasteiger partial charge in [-0.1, -0.05) is 29.8 Å². The molecule has 4 heteroatoms. The molecule has 0 spiro atoms. The van der Waals surface area contributed by atoms with Gasteiger partial charge in [-0.25, -0.2) is 0 Å². The Balaban J connectivity index is 2.01. The predicted octanol–water partition coefficient (Wildman–Crippen LogP) is 3.57. The predicted molar refractivity (Wildman–Crippen MR) is 78.9 cm³/mol. The summed E-state index contributed by atoms with van der Waals surface area (Å²) in [5.41, 5.74) is 2.30. The maximum absolute atomic E-state index is 12.0. The van der Waals surface area contributed by atoms with Crippen LogP contribution < -0.4 is 0 Å². The number of rotatable bonds is 5. The van der Waals surface area contributed by atoms with E-state index < -0.39 is 0 Å². The molecule has 0 N–H and O–H groups in total. The van der Waals surface area contributed by atoms with Crippen LogP contribution in [0.15, 0.2) is 34.6 Å². The lowest BCUT2D eigenvalue weighted by Crippen LogP contribution is -2.04. The first-order chi connectivity index (χ1) is 8.65. The SMILES string of the molecule is CSC(=CC(=O)[C@H]1O[C@@H]1c1ccc(C)cc1)SC. The fraction of sp³-hybridized carbons (Fsp3) is 0.357. The van der Waals surface area contributed by atoms with Crippen molar-refractivity contribution in [1.82, 2.24) is 0 Å². The van der Waals surface area contributed by atoms with Gasteiger partial charge in [-0.15, -0.1) is 23.5 Å². The van der Waals surface area contributed by atoms with Gasteiger partial charge in [0.15, 0.2) is 11.9 Å². The highest BCUT2D eigenvalue weighted by Gasteiger charge is 2.44. The molecule has 0 saturated carbocycles. The zero-order valence-corrected chi connectivity index (χ0v) is 12.3. The molecule has 0 aromatic heterocycles. The summed E-state index contributed by atoms with van der Waals surface area (Å²) in [7, 11) is 0. The molecule has 0 radical (unpaired) electrons. The highest BCUT2D eigenvalue weighted by Crippen LogP contribution is 2.40. The summed E-state index contributed by atoms with van der Waals surface area (Å²) in [6.45, 7) is 2.05. The topological polar surface area (TPSA) is 29.6 Å². The number of carbonyl (C=O) groups is 1. The summed E-state index contributed by atoms with van der Waals surface area (Å²) in [4.78, 5) is 12.0. The summed E-state index contributed by atoms with van der Waals surface area (Å²) in [5.74, 6) is 0.0688. The van der Waals surface area contributed by atoms with Crippen molar-refractivity contribution in [2.24, 2.45) is 0 Å². The number of epoxide rings is 1. The first kappa shape index (κ1) is 13.7. The molecule has 0 unspecified atom stereocenters. The van der Waals surface area contributed by atoms with E-state index in [9.17, 15) is 4.79 Å². The van der Waals surface area contributed by atoms with E-state index in [2.05, 4.69) is 0 Å². The summed E-state index contributed by atoms with van der Waals surface area (Å²) in [5, 5.41) is 0. The maximum atomic E-state index is 12.0. The molecule has 1 aromatic carbocycles. The van der Waals surface area contributed by atoms with E-state index in [0.29, 0.717) is 0 Å². The summed E-state index contributed by atoms with van der Waals surface area (Å²) in [6.07, 6.45) is 5.29. The van der Waals surface area contributed by atoms with Crippen molar-refractivity contribution in [3.05, 3.63) is 45.7 Å². The van der Waals surface area contributed by atoms with E-state index in [1.54, 1.807) is 29.6 Å². The van der Waals surface area contributed by atoms with Gasteiger partial charge in [0.25, 0.3) is 0 Å². The van der Waals surface area contributed by atoms with E-state index in [1.165, 1.54) is 5.56 Å². The monoisotopic (exact) mass is 280 g/mol. The number of ether oxygens (including phenoxy) is 1. The Morgan fingerprint density at radius 2 is 1.83 bits per heavy atom. The van der Waals surface area contributed by atoms with Crippen molar-refractivity contribution < 1.29 is 9.53 Å². The number of hydrogen-bond acceptors (Lipinski definition) is 4.